The van der Waals surface area contributed by atoms with Crippen molar-refractivity contribution in [3.8, 4) is 0 Å². The van der Waals surface area contributed by atoms with Gasteiger partial charge in [-0.1, -0.05) is 36.4 Å². The molecule has 0 radical (unpaired) electrons. The minimum atomic E-state index is -4.16. The highest BCUT2D eigenvalue weighted by atomic mass is 32.2. The van der Waals surface area contributed by atoms with Crippen molar-refractivity contribution in [2.75, 3.05) is 32.1 Å². The lowest BCUT2D eigenvalue weighted by molar-refractivity contribution is 0.180. The fraction of sp³-hybridized carbons (Fsp3) is 0.280. The van der Waals surface area contributed by atoms with Gasteiger partial charge in [-0.05, 0) is 47.4 Å². The largest absolute Gasteiger partial charge is 0.378 e. The first kappa shape index (κ1) is 23.4. The summed E-state index contributed by atoms with van der Waals surface area (Å²) in [6.07, 6.45) is 0.863. The predicted molar refractivity (Wildman–Crippen MR) is 126 cm³/mol. The summed E-state index contributed by atoms with van der Waals surface area (Å²) in [5, 5.41) is 0. The van der Waals surface area contributed by atoms with Crippen molar-refractivity contribution in [2.24, 2.45) is 0 Å². The maximum absolute atomic E-state index is 14.2. The lowest BCUT2D eigenvalue weighted by Crippen LogP contribution is -2.40. The number of hydrogen-bond donors (Lipinski definition) is 1. The van der Waals surface area contributed by atoms with Gasteiger partial charge in [-0.15, -0.1) is 0 Å². The summed E-state index contributed by atoms with van der Waals surface area (Å²) in [5.74, 6) is -1.93. The molecule has 0 aliphatic carbocycles. The van der Waals surface area contributed by atoms with Crippen LogP contribution in [-0.2, 0) is 23.0 Å². The van der Waals surface area contributed by atoms with Gasteiger partial charge in [-0.25, -0.2) is 21.9 Å². The van der Waals surface area contributed by atoms with Crippen molar-refractivity contribution < 1.29 is 17.2 Å². The van der Waals surface area contributed by atoms with E-state index in [0.717, 1.165) is 36.3 Å². The lowest BCUT2D eigenvalue weighted by atomic mass is 9.96. The molecule has 33 heavy (non-hydrogen) atoms. The van der Waals surface area contributed by atoms with Crippen LogP contribution >= 0.6 is 0 Å². The van der Waals surface area contributed by atoms with Crippen LogP contribution in [0, 0.1) is 11.6 Å². The molecule has 174 valence electrons. The van der Waals surface area contributed by atoms with E-state index in [1.54, 1.807) is 0 Å². The first-order valence-electron chi connectivity index (χ1n) is 10.8. The molecule has 0 spiro atoms. The fourth-order valence-electron chi connectivity index (χ4n) is 4.20. The Balaban J connectivity index is 1.61. The minimum Gasteiger partial charge on any atom is -0.378 e. The molecule has 1 heterocycles. The van der Waals surface area contributed by atoms with Gasteiger partial charge in [0, 0.05) is 51.5 Å². The minimum absolute atomic E-state index is 0.0582. The van der Waals surface area contributed by atoms with E-state index in [9.17, 15) is 17.2 Å². The van der Waals surface area contributed by atoms with Gasteiger partial charge in [-0.3, -0.25) is 4.90 Å². The molecule has 1 aliphatic heterocycles. The van der Waals surface area contributed by atoms with Crippen molar-refractivity contribution in [3.63, 3.8) is 0 Å². The standard InChI is InChI=1S/C25H27F2N3O2S/c1-29(2)22-10-7-19(8-11-22)24(30-14-13-18-5-3-4-6-20(18)17-30)16-28-33(31,32)25-12-9-21(26)15-23(25)27/h3-12,15,24,28H,13-14,16-17H2,1-2H3/t24-/m1/s1. The topological polar surface area (TPSA) is 52.7 Å². The number of nitrogens with one attached hydrogen (secondary N) is 1. The zero-order chi connectivity index (χ0) is 23.6. The maximum atomic E-state index is 14.2. The van der Waals surface area contributed by atoms with Crippen LogP contribution in [0.1, 0.15) is 22.7 Å². The van der Waals surface area contributed by atoms with Crippen LogP contribution in [0.5, 0.6) is 0 Å². The van der Waals surface area contributed by atoms with Crippen LogP contribution in [0.3, 0.4) is 0 Å². The van der Waals surface area contributed by atoms with E-state index in [4.69, 9.17) is 0 Å². The lowest BCUT2D eigenvalue weighted by Gasteiger charge is -2.36. The number of rotatable bonds is 7. The zero-order valence-electron chi connectivity index (χ0n) is 18.6. The third-order valence-corrected chi connectivity index (χ3v) is 7.50. The van der Waals surface area contributed by atoms with Crippen molar-refractivity contribution in [2.45, 2.75) is 23.9 Å². The quantitative estimate of drug-likeness (QED) is 0.564. The number of fused-ring (bicyclic) bond motifs is 1. The molecule has 0 aromatic heterocycles. The van der Waals surface area contributed by atoms with E-state index >= 15 is 0 Å². The number of benzene rings is 3. The van der Waals surface area contributed by atoms with Gasteiger partial charge < -0.3 is 4.90 Å². The van der Waals surface area contributed by atoms with Crippen LogP contribution in [0.2, 0.25) is 0 Å². The molecule has 4 rings (SSSR count). The molecule has 0 saturated heterocycles. The van der Waals surface area contributed by atoms with E-state index < -0.39 is 26.6 Å². The first-order valence-corrected chi connectivity index (χ1v) is 12.3. The summed E-state index contributed by atoms with van der Waals surface area (Å²) < 4.78 is 55.6. The van der Waals surface area contributed by atoms with Crippen LogP contribution < -0.4 is 9.62 Å². The number of sulfonamides is 1. The average Bonchev–Trinajstić information content (AvgIpc) is 2.79. The highest BCUT2D eigenvalue weighted by Crippen LogP contribution is 2.29. The number of nitrogens with zero attached hydrogens (tertiary/aromatic N) is 2. The van der Waals surface area contributed by atoms with Crippen molar-refractivity contribution in [3.05, 3.63) is 95.1 Å². The summed E-state index contributed by atoms with van der Waals surface area (Å²) in [7, 11) is -0.243. The summed E-state index contributed by atoms with van der Waals surface area (Å²) in [6, 6.07) is 18.4. The third kappa shape index (κ3) is 5.24. The third-order valence-electron chi connectivity index (χ3n) is 6.05. The summed E-state index contributed by atoms with van der Waals surface area (Å²) >= 11 is 0. The van der Waals surface area contributed by atoms with Gasteiger partial charge >= 0.3 is 0 Å². The molecule has 1 aliphatic rings. The molecule has 0 fully saturated rings. The summed E-state index contributed by atoms with van der Waals surface area (Å²) in [5.41, 5.74) is 4.51. The Bertz CT molecular complexity index is 1230. The Labute approximate surface area is 193 Å². The van der Waals surface area contributed by atoms with Gasteiger partial charge in [0.2, 0.25) is 10.0 Å². The Kier molecular flexibility index (Phi) is 6.78. The Morgan fingerprint density at radius 3 is 2.36 bits per heavy atom. The summed E-state index contributed by atoms with van der Waals surface area (Å²) in [4.78, 5) is 3.67. The van der Waals surface area contributed by atoms with Gasteiger partial charge in [0.25, 0.3) is 0 Å². The van der Waals surface area contributed by atoms with Crippen molar-refractivity contribution in [1.29, 1.82) is 0 Å². The zero-order valence-corrected chi connectivity index (χ0v) is 19.4. The maximum Gasteiger partial charge on any atom is 0.243 e. The van der Waals surface area contributed by atoms with Crippen LogP contribution in [0.25, 0.3) is 0 Å². The predicted octanol–water partition coefficient (Wildman–Crippen LogP) is 4.11. The molecule has 3 aromatic rings. The molecular weight excluding hydrogens is 444 g/mol. The van der Waals surface area contributed by atoms with Gasteiger partial charge in [0.05, 0.1) is 0 Å². The second-order valence-corrected chi connectivity index (χ2v) is 10.2. The second-order valence-electron chi connectivity index (χ2n) is 8.42. The molecule has 1 N–H and O–H groups in total. The van der Waals surface area contributed by atoms with Crippen LogP contribution in [0.15, 0.2) is 71.6 Å². The number of anilines is 1. The van der Waals surface area contributed by atoms with E-state index in [0.29, 0.717) is 12.6 Å². The van der Waals surface area contributed by atoms with E-state index in [-0.39, 0.29) is 12.6 Å². The second kappa shape index (κ2) is 9.59. The normalized spacial score (nSPS) is 15.2. The smallest absolute Gasteiger partial charge is 0.243 e. The van der Waals surface area contributed by atoms with Gasteiger partial charge in [0.1, 0.15) is 16.5 Å². The number of hydrogen-bond acceptors (Lipinski definition) is 4. The molecule has 0 unspecified atom stereocenters. The van der Waals surface area contributed by atoms with Crippen molar-refractivity contribution >= 4 is 15.7 Å². The Hall–Kier alpha value is -2.81. The van der Waals surface area contributed by atoms with E-state index in [1.807, 2.05) is 55.4 Å². The molecule has 1 atom stereocenters. The Morgan fingerprint density at radius 1 is 1.00 bits per heavy atom. The highest BCUT2D eigenvalue weighted by Gasteiger charge is 2.27. The molecular formula is C25H27F2N3O2S. The van der Waals surface area contributed by atoms with Crippen molar-refractivity contribution in [1.82, 2.24) is 9.62 Å². The highest BCUT2D eigenvalue weighted by molar-refractivity contribution is 7.89. The molecule has 5 nitrogen and oxygen atoms in total. The summed E-state index contributed by atoms with van der Waals surface area (Å²) in [6.45, 7) is 1.51. The fourth-order valence-corrected chi connectivity index (χ4v) is 5.29. The van der Waals surface area contributed by atoms with Gasteiger partial charge in [0.15, 0.2) is 0 Å². The molecule has 8 heteroatoms. The Morgan fingerprint density at radius 2 is 1.70 bits per heavy atom. The molecule has 0 bridgehead atoms. The van der Waals surface area contributed by atoms with Crippen LogP contribution in [0.4, 0.5) is 14.5 Å². The molecule has 0 amide bonds. The number of halogens is 2. The van der Waals surface area contributed by atoms with E-state index in [1.165, 1.54) is 11.1 Å². The monoisotopic (exact) mass is 471 g/mol. The average molecular weight is 472 g/mol. The van der Waals surface area contributed by atoms with Gasteiger partial charge in [-0.2, -0.15) is 0 Å². The SMILES string of the molecule is CN(C)c1ccc([C@@H](CNS(=O)(=O)c2ccc(F)cc2F)N2CCc3ccccc3C2)cc1. The molecule has 3 aromatic carbocycles. The van der Waals surface area contributed by atoms with Crippen LogP contribution in [-0.4, -0.2) is 40.5 Å². The first-order chi connectivity index (χ1) is 15.7. The molecule has 0 saturated carbocycles. The van der Waals surface area contributed by atoms with E-state index in [2.05, 4.69) is 21.8 Å².